The van der Waals surface area contributed by atoms with Crippen molar-refractivity contribution in [1.82, 2.24) is 5.32 Å². The van der Waals surface area contributed by atoms with Gasteiger partial charge in [0.05, 0.1) is 0 Å². The summed E-state index contributed by atoms with van der Waals surface area (Å²) in [5, 5.41) is 6.73. The van der Waals surface area contributed by atoms with E-state index in [1.807, 2.05) is 19.2 Å². The first-order chi connectivity index (χ1) is 9.22. The summed E-state index contributed by atoms with van der Waals surface area (Å²) in [4.78, 5) is 0. The Balaban J connectivity index is 2.57. The van der Waals surface area contributed by atoms with Gasteiger partial charge in [-0.2, -0.15) is 0 Å². The highest BCUT2D eigenvalue weighted by molar-refractivity contribution is 6.35. The van der Waals surface area contributed by atoms with Crippen molar-refractivity contribution in [3.05, 3.63) is 47.0 Å². The molecule has 0 aliphatic heterocycles. The Hall–Kier alpha value is -1.05. The molecule has 0 bridgehead atoms. The fourth-order valence-corrected chi connectivity index (χ4v) is 3.19. The van der Waals surface area contributed by atoms with Crippen LogP contribution >= 0.6 is 11.6 Å². The molecule has 1 unspecified atom stereocenters. The normalized spacial score (nSPS) is 13.1. The summed E-state index contributed by atoms with van der Waals surface area (Å²) in [5.41, 5.74) is 1.36. The standard InChI is InChI=1S/C17H22ClN/c1-4-12(5-2)17(19-3)15-10-11-16(18)14-9-7-6-8-13(14)15/h6-12,17,19H,4-5H2,1-3H3. The Morgan fingerprint density at radius 3 is 2.21 bits per heavy atom. The maximum absolute atomic E-state index is 6.30. The third-order valence-corrected chi connectivity index (χ3v) is 4.40. The largest absolute Gasteiger partial charge is 0.313 e. The van der Waals surface area contributed by atoms with Crippen LogP contribution in [-0.4, -0.2) is 7.05 Å². The predicted molar refractivity (Wildman–Crippen MR) is 84.8 cm³/mol. The smallest absolute Gasteiger partial charge is 0.0484 e. The molecule has 0 amide bonds. The van der Waals surface area contributed by atoms with Crippen LogP contribution in [0.1, 0.15) is 38.3 Å². The van der Waals surface area contributed by atoms with Crippen LogP contribution in [0, 0.1) is 5.92 Å². The summed E-state index contributed by atoms with van der Waals surface area (Å²) in [7, 11) is 2.05. The number of benzene rings is 2. The first kappa shape index (κ1) is 14.4. The van der Waals surface area contributed by atoms with E-state index in [0.29, 0.717) is 12.0 Å². The van der Waals surface area contributed by atoms with Crippen LogP contribution in [0.2, 0.25) is 5.02 Å². The number of hydrogen-bond acceptors (Lipinski definition) is 1. The van der Waals surface area contributed by atoms with Crippen LogP contribution in [-0.2, 0) is 0 Å². The van der Waals surface area contributed by atoms with Crippen molar-refractivity contribution >= 4 is 22.4 Å². The van der Waals surface area contributed by atoms with Gasteiger partial charge in [0.25, 0.3) is 0 Å². The zero-order valence-corrected chi connectivity index (χ0v) is 12.7. The summed E-state index contributed by atoms with van der Waals surface area (Å²) in [5.74, 6) is 0.648. The molecule has 2 heteroatoms. The Labute approximate surface area is 121 Å². The fraction of sp³-hybridized carbons (Fsp3) is 0.412. The highest BCUT2D eigenvalue weighted by atomic mass is 35.5. The molecular formula is C17H22ClN. The quantitative estimate of drug-likeness (QED) is 0.792. The van der Waals surface area contributed by atoms with Gasteiger partial charge in [0.1, 0.15) is 0 Å². The second-order valence-corrected chi connectivity index (χ2v) is 5.43. The first-order valence-electron chi connectivity index (χ1n) is 7.07. The Morgan fingerprint density at radius 2 is 1.63 bits per heavy atom. The number of halogens is 1. The van der Waals surface area contributed by atoms with Crippen LogP contribution in [0.4, 0.5) is 0 Å². The third kappa shape index (κ3) is 2.77. The molecule has 2 aromatic carbocycles. The predicted octanol–water partition coefficient (Wildman–Crippen LogP) is 5.19. The van der Waals surface area contributed by atoms with Gasteiger partial charge in [0, 0.05) is 16.5 Å². The molecule has 2 rings (SSSR count). The second-order valence-electron chi connectivity index (χ2n) is 5.03. The minimum Gasteiger partial charge on any atom is -0.313 e. The maximum Gasteiger partial charge on any atom is 0.0484 e. The van der Waals surface area contributed by atoms with Gasteiger partial charge < -0.3 is 5.32 Å². The molecular weight excluding hydrogens is 254 g/mol. The third-order valence-electron chi connectivity index (χ3n) is 4.07. The van der Waals surface area contributed by atoms with Gasteiger partial charge in [-0.1, -0.05) is 68.6 Å². The number of fused-ring (bicyclic) bond motifs is 1. The SMILES string of the molecule is CCC(CC)C(NC)c1ccc(Cl)c2ccccc12. The molecule has 0 radical (unpaired) electrons. The average Bonchev–Trinajstić information content (AvgIpc) is 2.46. The van der Waals surface area contributed by atoms with Crippen LogP contribution in [0.5, 0.6) is 0 Å². The topological polar surface area (TPSA) is 12.0 Å². The molecule has 0 saturated carbocycles. The molecule has 0 aromatic heterocycles. The van der Waals surface area contributed by atoms with Crippen molar-refractivity contribution in [3.8, 4) is 0 Å². The highest BCUT2D eigenvalue weighted by Gasteiger charge is 2.20. The molecule has 0 aliphatic carbocycles. The Kier molecular flexibility index (Phi) is 4.84. The van der Waals surface area contributed by atoms with Gasteiger partial charge in [-0.05, 0) is 30.0 Å². The van der Waals surface area contributed by atoms with Crippen molar-refractivity contribution in [2.75, 3.05) is 7.05 Å². The summed E-state index contributed by atoms with van der Waals surface area (Å²) >= 11 is 6.30. The Morgan fingerprint density at radius 1 is 1.00 bits per heavy atom. The zero-order chi connectivity index (χ0) is 13.8. The van der Waals surface area contributed by atoms with Gasteiger partial charge >= 0.3 is 0 Å². The van der Waals surface area contributed by atoms with Gasteiger partial charge in [0.2, 0.25) is 0 Å². The van der Waals surface area contributed by atoms with Crippen molar-refractivity contribution in [3.63, 3.8) is 0 Å². The molecule has 1 nitrogen and oxygen atoms in total. The number of rotatable bonds is 5. The molecule has 0 aliphatic rings. The monoisotopic (exact) mass is 275 g/mol. The van der Waals surface area contributed by atoms with E-state index >= 15 is 0 Å². The van der Waals surface area contributed by atoms with Crippen LogP contribution in [0.3, 0.4) is 0 Å². The summed E-state index contributed by atoms with van der Waals surface area (Å²) in [6.07, 6.45) is 2.36. The van der Waals surface area contributed by atoms with E-state index in [1.54, 1.807) is 0 Å². The van der Waals surface area contributed by atoms with E-state index in [4.69, 9.17) is 11.6 Å². The lowest BCUT2D eigenvalue weighted by molar-refractivity contribution is 0.361. The van der Waals surface area contributed by atoms with Gasteiger partial charge in [-0.25, -0.2) is 0 Å². The molecule has 0 fully saturated rings. The van der Waals surface area contributed by atoms with E-state index in [2.05, 4.69) is 43.4 Å². The number of hydrogen-bond donors (Lipinski definition) is 1. The molecule has 0 heterocycles. The molecule has 1 N–H and O–H groups in total. The molecule has 2 aromatic rings. The van der Waals surface area contributed by atoms with Gasteiger partial charge in [0.15, 0.2) is 0 Å². The summed E-state index contributed by atoms with van der Waals surface area (Å²) in [6, 6.07) is 13.0. The lowest BCUT2D eigenvalue weighted by atomic mass is 9.86. The summed E-state index contributed by atoms with van der Waals surface area (Å²) < 4.78 is 0. The van der Waals surface area contributed by atoms with E-state index in [1.165, 1.54) is 23.8 Å². The van der Waals surface area contributed by atoms with E-state index in [9.17, 15) is 0 Å². The van der Waals surface area contributed by atoms with Gasteiger partial charge in [-0.15, -0.1) is 0 Å². The molecule has 19 heavy (non-hydrogen) atoms. The van der Waals surface area contributed by atoms with Crippen molar-refractivity contribution in [2.24, 2.45) is 5.92 Å². The van der Waals surface area contributed by atoms with E-state index in [0.717, 1.165) is 10.4 Å². The van der Waals surface area contributed by atoms with E-state index in [-0.39, 0.29) is 0 Å². The van der Waals surface area contributed by atoms with E-state index < -0.39 is 0 Å². The molecule has 102 valence electrons. The second kappa shape index (κ2) is 6.40. The van der Waals surface area contributed by atoms with Crippen molar-refractivity contribution in [2.45, 2.75) is 32.7 Å². The van der Waals surface area contributed by atoms with Crippen LogP contribution in [0.25, 0.3) is 10.8 Å². The van der Waals surface area contributed by atoms with Crippen LogP contribution < -0.4 is 5.32 Å². The maximum atomic E-state index is 6.30. The van der Waals surface area contributed by atoms with Crippen LogP contribution in [0.15, 0.2) is 36.4 Å². The zero-order valence-electron chi connectivity index (χ0n) is 11.9. The minimum absolute atomic E-state index is 0.386. The highest BCUT2D eigenvalue weighted by Crippen LogP contribution is 2.34. The average molecular weight is 276 g/mol. The summed E-state index contributed by atoms with van der Waals surface area (Å²) in [6.45, 7) is 4.52. The lowest BCUT2D eigenvalue weighted by Gasteiger charge is -2.26. The molecule has 0 spiro atoms. The Bertz CT molecular complexity index is 546. The molecule has 1 atom stereocenters. The van der Waals surface area contributed by atoms with Gasteiger partial charge in [-0.3, -0.25) is 0 Å². The van der Waals surface area contributed by atoms with Crippen molar-refractivity contribution in [1.29, 1.82) is 0 Å². The first-order valence-corrected chi connectivity index (χ1v) is 7.45. The molecule has 0 saturated heterocycles. The number of nitrogens with one attached hydrogen (secondary N) is 1. The minimum atomic E-state index is 0.386. The fourth-order valence-electron chi connectivity index (χ4n) is 2.96. The lowest BCUT2D eigenvalue weighted by Crippen LogP contribution is -2.24. The van der Waals surface area contributed by atoms with Crippen molar-refractivity contribution < 1.29 is 0 Å².